The zero-order chi connectivity index (χ0) is 9.14. The number of rotatable bonds is 2. The molecule has 0 N–H and O–H groups in total. The van der Waals surface area contributed by atoms with Crippen molar-refractivity contribution in [2.24, 2.45) is 0 Å². The first-order valence-electron chi connectivity index (χ1n) is 3.18. The van der Waals surface area contributed by atoms with Gasteiger partial charge < -0.3 is 4.52 Å². The third-order valence-corrected chi connectivity index (χ3v) is 3.28. The van der Waals surface area contributed by atoms with E-state index in [1.54, 1.807) is 18.2 Å². The van der Waals surface area contributed by atoms with Gasteiger partial charge in [-0.2, -0.15) is 0 Å². The molecule has 0 saturated heterocycles. The summed E-state index contributed by atoms with van der Waals surface area (Å²) >= 11 is 11.4. The topological polar surface area (TPSA) is 26.3 Å². The van der Waals surface area contributed by atoms with E-state index in [0.29, 0.717) is 15.3 Å². The highest BCUT2D eigenvalue weighted by molar-refractivity contribution is 7.48. The molecular weight excluding hydrogens is 218 g/mol. The molecule has 66 valence electrons. The minimum Gasteiger partial charge on any atom is -0.331 e. The number of benzene rings is 1. The van der Waals surface area contributed by atoms with E-state index >= 15 is 0 Å². The van der Waals surface area contributed by atoms with E-state index in [4.69, 9.17) is 23.2 Å². The Morgan fingerprint density at radius 1 is 1.42 bits per heavy atom. The molecule has 0 fully saturated rings. The van der Waals surface area contributed by atoms with Gasteiger partial charge in [-0.1, -0.05) is 23.2 Å². The maximum Gasteiger partial charge on any atom is 0.221 e. The minimum atomic E-state index is -2.23. The molecule has 0 radical (unpaired) electrons. The van der Waals surface area contributed by atoms with Crippen molar-refractivity contribution in [3.05, 3.63) is 28.2 Å². The normalized spacial score (nSPS) is 12.9. The quantitative estimate of drug-likeness (QED) is 0.723. The van der Waals surface area contributed by atoms with Crippen LogP contribution in [0, 0.1) is 0 Å². The molecule has 5 heteroatoms. The summed E-state index contributed by atoms with van der Waals surface area (Å²) < 4.78 is 15.9. The van der Waals surface area contributed by atoms with Crippen LogP contribution in [0.5, 0.6) is 0 Å². The molecule has 0 saturated carbocycles. The summed E-state index contributed by atoms with van der Waals surface area (Å²) in [6.07, 6.45) is 0. The third-order valence-electron chi connectivity index (χ3n) is 1.33. The van der Waals surface area contributed by atoms with Gasteiger partial charge in [-0.15, -0.1) is 0 Å². The lowest BCUT2D eigenvalue weighted by molar-refractivity contribution is 0.423. The van der Waals surface area contributed by atoms with Crippen molar-refractivity contribution in [3.63, 3.8) is 0 Å². The molecule has 1 aromatic rings. The molecule has 0 spiro atoms. The van der Waals surface area contributed by atoms with Crippen LogP contribution in [-0.4, -0.2) is 7.11 Å². The maximum atomic E-state index is 11.2. The second-order valence-corrected chi connectivity index (χ2v) is 4.48. The average molecular weight is 225 g/mol. The summed E-state index contributed by atoms with van der Waals surface area (Å²) in [4.78, 5) is 0. The van der Waals surface area contributed by atoms with E-state index < -0.39 is 8.03 Å². The van der Waals surface area contributed by atoms with Crippen LogP contribution in [0.4, 0.5) is 0 Å². The van der Waals surface area contributed by atoms with Crippen LogP contribution in [0.25, 0.3) is 0 Å². The molecule has 0 aliphatic heterocycles. The zero-order valence-electron chi connectivity index (χ0n) is 6.30. The van der Waals surface area contributed by atoms with E-state index in [1.807, 2.05) is 0 Å². The summed E-state index contributed by atoms with van der Waals surface area (Å²) in [7, 11) is -0.852. The van der Waals surface area contributed by atoms with Crippen LogP contribution >= 0.6 is 31.2 Å². The molecule has 1 aromatic carbocycles. The highest BCUT2D eigenvalue weighted by Gasteiger charge is 2.07. The predicted molar refractivity (Wildman–Crippen MR) is 52.1 cm³/mol. The molecule has 0 bridgehead atoms. The Hall–Kier alpha value is -0.0100. The van der Waals surface area contributed by atoms with Crippen LogP contribution < -0.4 is 5.30 Å². The van der Waals surface area contributed by atoms with E-state index in [2.05, 4.69) is 4.52 Å². The standard InChI is InChI=1S/C7H7Cl2O2P/c1-11-12(10)7-4-5(8)2-3-6(7)9/h2-4,12H,1H3. The highest BCUT2D eigenvalue weighted by atomic mass is 35.5. The van der Waals surface area contributed by atoms with Crippen molar-refractivity contribution in [2.75, 3.05) is 7.11 Å². The molecular formula is C7H7Cl2O2P. The second-order valence-electron chi connectivity index (χ2n) is 2.12. The fraction of sp³-hybridized carbons (Fsp3) is 0.143. The lowest BCUT2D eigenvalue weighted by Crippen LogP contribution is -1.98. The fourth-order valence-electron chi connectivity index (χ4n) is 0.764. The summed E-state index contributed by atoms with van der Waals surface area (Å²) in [5.41, 5.74) is 0. The van der Waals surface area contributed by atoms with Crippen molar-refractivity contribution in [1.29, 1.82) is 0 Å². The summed E-state index contributed by atoms with van der Waals surface area (Å²) in [6, 6.07) is 4.79. The molecule has 0 aromatic heterocycles. The van der Waals surface area contributed by atoms with Gasteiger partial charge in [0.05, 0.1) is 10.3 Å². The fourth-order valence-corrected chi connectivity index (χ4v) is 2.15. The van der Waals surface area contributed by atoms with Gasteiger partial charge in [-0.25, -0.2) is 0 Å². The molecule has 1 atom stereocenters. The van der Waals surface area contributed by atoms with Gasteiger partial charge >= 0.3 is 0 Å². The van der Waals surface area contributed by atoms with Gasteiger partial charge in [-0.3, -0.25) is 4.57 Å². The Labute approximate surface area is 81.3 Å². The minimum absolute atomic E-state index is 0.421. The van der Waals surface area contributed by atoms with Crippen molar-refractivity contribution in [1.82, 2.24) is 0 Å². The summed E-state index contributed by atoms with van der Waals surface area (Å²) in [5.74, 6) is 0. The zero-order valence-corrected chi connectivity index (χ0v) is 8.82. The third kappa shape index (κ3) is 2.24. The Morgan fingerprint density at radius 2 is 2.08 bits per heavy atom. The van der Waals surface area contributed by atoms with Gasteiger partial charge in [0.1, 0.15) is 0 Å². The molecule has 0 aliphatic rings. The van der Waals surface area contributed by atoms with Crippen LogP contribution in [0.2, 0.25) is 10.0 Å². The molecule has 1 rings (SSSR count). The number of hydrogen-bond acceptors (Lipinski definition) is 2. The van der Waals surface area contributed by atoms with Crippen LogP contribution in [-0.2, 0) is 9.09 Å². The smallest absolute Gasteiger partial charge is 0.221 e. The maximum absolute atomic E-state index is 11.2. The number of hydrogen-bond donors (Lipinski definition) is 0. The van der Waals surface area contributed by atoms with Gasteiger partial charge in [-0.05, 0) is 18.2 Å². The Kier molecular flexibility index (Phi) is 3.60. The Balaban J connectivity index is 3.13. The predicted octanol–water partition coefficient (Wildman–Crippen LogP) is 2.74. The first kappa shape index (κ1) is 10.1. The summed E-state index contributed by atoms with van der Waals surface area (Å²) in [5, 5.41) is 1.40. The molecule has 1 unspecified atom stereocenters. The van der Waals surface area contributed by atoms with Gasteiger partial charge in [0.25, 0.3) is 0 Å². The molecule has 0 heterocycles. The van der Waals surface area contributed by atoms with Crippen molar-refractivity contribution < 1.29 is 9.09 Å². The van der Waals surface area contributed by atoms with E-state index in [9.17, 15) is 4.57 Å². The van der Waals surface area contributed by atoms with Crippen molar-refractivity contribution >= 4 is 36.5 Å². The van der Waals surface area contributed by atoms with Crippen LogP contribution in [0.1, 0.15) is 0 Å². The highest BCUT2D eigenvalue weighted by Crippen LogP contribution is 2.26. The molecule has 12 heavy (non-hydrogen) atoms. The number of halogens is 2. The monoisotopic (exact) mass is 224 g/mol. The first-order chi connectivity index (χ1) is 5.65. The van der Waals surface area contributed by atoms with Gasteiger partial charge in [0.15, 0.2) is 0 Å². The SMILES string of the molecule is CO[PH](=O)c1cc(Cl)ccc1Cl. The van der Waals surface area contributed by atoms with Crippen LogP contribution in [0.15, 0.2) is 18.2 Å². The Morgan fingerprint density at radius 3 is 2.67 bits per heavy atom. The molecule has 0 amide bonds. The van der Waals surface area contributed by atoms with Gasteiger partial charge in [0, 0.05) is 12.1 Å². The van der Waals surface area contributed by atoms with E-state index in [1.165, 1.54) is 7.11 Å². The Bertz CT molecular complexity index is 314. The van der Waals surface area contributed by atoms with Crippen molar-refractivity contribution in [3.8, 4) is 0 Å². The van der Waals surface area contributed by atoms with Crippen molar-refractivity contribution in [2.45, 2.75) is 0 Å². The first-order valence-corrected chi connectivity index (χ1v) is 5.25. The largest absolute Gasteiger partial charge is 0.331 e. The average Bonchev–Trinajstić information content (AvgIpc) is 2.08. The van der Waals surface area contributed by atoms with Gasteiger partial charge in [0.2, 0.25) is 8.03 Å². The second kappa shape index (κ2) is 4.29. The summed E-state index contributed by atoms with van der Waals surface area (Å²) in [6.45, 7) is 0. The van der Waals surface area contributed by atoms with E-state index in [-0.39, 0.29) is 0 Å². The lowest BCUT2D eigenvalue weighted by atomic mass is 10.4. The lowest BCUT2D eigenvalue weighted by Gasteiger charge is -2.02. The van der Waals surface area contributed by atoms with E-state index in [0.717, 1.165) is 0 Å². The molecule has 2 nitrogen and oxygen atoms in total. The van der Waals surface area contributed by atoms with Crippen LogP contribution in [0.3, 0.4) is 0 Å². The molecule has 0 aliphatic carbocycles.